The number of hydrogen-bond donors (Lipinski definition) is 6. The number of benzene rings is 1. The van der Waals surface area contributed by atoms with Gasteiger partial charge in [0.25, 0.3) is 5.91 Å². The van der Waals surface area contributed by atoms with E-state index in [9.17, 15) is 14.4 Å². The second-order valence-electron chi connectivity index (χ2n) is 6.18. The van der Waals surface area contributed by atoms with Crippen LogP contribution in [0.5, 0.6) is 0 Å². The molecule has 0 saturated carbocycles. The summed E-state index contributed by atoms with van der Waals surface area (Å²) in [5.74, 6) is -0.440. The molecular formula is C18H26BN3O6S2. The first-order valence-corrected chi connectivity index (χ1v) is 11.6. The van der Waals surface area contributed by atoms with Gasteiger partial charge in [0.1, 0.15) is 6.04 Å². The zero-order chi connectivity index (χ0) is 22.5. The fraction of sp³-hybridized carbons (Fsp3) is 0.389. The van der Waals surface area contributed by atoms with Crippen molar-refractivity contribution >= 4 is 51.9 Å². The molecule has 0 saturated heterocycles. The first kappa shape index (κ1) is 26.1. The molecule has 30 heavy (non-hydrogen) atoms. The standard InChI is InChI=1S/C18H26BN3O6S2/c1-12(2)16(24)20-7-8-21-18(26)15(11-30-29-10-9-23)22-17(25)13-3-5-14(6-4-13)19(27)28/h3-6,15,23,27-28H,1,7-11H2,2H3,(H,20,24)(H,21,26)(H,22,25). The maximum absolute atomic E-state index is 12.5. The van der Waals surface area contributed by atoms with Gasteiger partial charge in [-0.25, -0.2) is 0 Å². The van der Waals surface area contributed by atoms with Crippen LogP contribution in [0.4, 0.5) is 0 Å². The predicted molar refractivity (Wildman–Crippen MR) is 120 cm³/mol. The molecule has 1 aromatic rings. The van der Waals surface area contributed by atoms with Gasteiger partial charge >= 0.3 is 7.12 Å². The van der Waals surface area contributed by atoms with Crippen molar-refractivity contribution in [1.29, 1.82) is 0 Å². The number of nitrogens with one attached hydrogen (secondary N) is 3. The molecule has 0 heterocycles. The van der Waals surface area contributed by atoms with Crippen molar-refractivity contribution in [3.05, 3.63) is 42.0 Å². The molecule has 12 heteroatoms. The number of aliphatic hydroxyl groups is 1. The molecule has 0 aromatic heterocycles. The van der Waals surface area contributed by atoms with E-state index in [0.717, 1.165) is 0 Å². The van der Waals surface area contributed by atoms with E-state index in [0.29, 0.717) is 11.3 Å². The molecule has 1 unspecified atom stereocenters. The summed E-state index contributed by atoms with van der Waals surface area (Å²) in [5, 5.41) is 35.0. The van der Waals surface area contributed by atoms with Crippen LogP contribution >= 0.6 is 21.6 Å². The molecule has 6 N–H and O–H groups in total. The van der Waals surface area contributed by atoms with E-state index in [1.165, 1.54) is 45.9 Å². The van der Waals surface area contributed by atoms with Crippen LogP contribution in [0, 0.1) is 0 Å². The predicted octanol–water partition coefficient (Wildman–Crippen LogP) is -1.35. The normalized spacial score (nSPS) is 11.3. The van der Waals surface area contributed by atoms with Gasteiger partial charge in [-0.05, 0) is 24.5 Å². The molecule has 0 spiro atoms. The summed E-state index contributed by atoms with van der Waals surface area (Å²) in [6, 6.07) is 4.84. The Hall–Kier alpha value is -1.99. The first-order valence-electron chi connectivity index (χ1n) is 9.10. The molecule has 1 aromatic carbocycles. The van der Waals surface area contributed by atoms with Crippen LogP contribution in [-0.2, 0) is 9.59 Å². The smallest absolute Gasteiger partial charge is 0.423 e. The molecule has 0 aliphatic heterocycles. The van der Waals surface area contributed by atoms with Crippen molar-refractivity contribution < 1.29 is 29.5 Å². The second-order valence-corrected chi connectivity index (χ2v) is 8.81. The van der Waals surface area contributed by atoms with Gasteiger partial charge < -0.3 is 31.1 Å². The largest absolute Gasteiger partial charge is 0.488 e. The molecule has 0 aliphatic carbocycles. The van der Waals surface area contributed by atoms with Crippen LogP contribution < -0.4 is 21.4 Å². The summed E-state index contributed by atoms with van der Waals surface area (Å²) >= 11 is 0. The fourth-order valence-corrected chi connectivity index (χ4v) is 4.01. The van der Waals surface area contributed by atoms with Gasteiger partial charge in [0.15, 0.2) is 0 Å². The summed E-state index contributed by atoms with van der Waals surface area (Å²) in [6.07, 6.45) is 0. The average molecular weight is 455 g/mol. The Balaban J connectivity index is 2.66. The van der Waals surface area contributed by atoms with E-state index in [2.05, 4.69) is 22.5 Å². The van der Waals surface area contributed by atoms with E-state index in [1.807, 2.05) is 0 Å². The number of amides is 3. The van der Waals surface area contributed by atoms with Crippen LogP contribution in [0.2, 0.25) is 0 Å². The molecule has 0 bridgehead atoms. The quantitative estimate of drug-likeness (QED) is 0.0926. The summed E-state index contributed by atoms with van der Waals surface area (Å²) in [4.78, 5) is 36.4. The molecule has 164 valence electrons. The van der Waals surface area contributed by atoms with E-state index in [1.54, 1.807) is 6.92 Å². The molecule has 0 aliphatic rings. The molecular weight excluding hydrogens is 429 g/mol. The number of rotatable bonds is 13. The van der Waals surface area contributed by atoms with E-state index in [-0.39, 0.29) is 42.4 Å². The van der Waals surface area contributed by atoms with Crippen LogP contribution in [0.15, 0.2) is 36.4 Å². The highest BCUT2D eigenvalue weighted by atomic mass is 33.1. The molecule has 3 amide bonds. The van der Waals surface area contributed by atoms with Crippen molar-refractivity contribution in [2.24, 2.45) is 0 Å². The van der Waals surface area contributed by atoms with E-state index >= 15 is 0 Å². The van der Waals surface area contributed by atoms with Crippen molar-refractivity contribution in [2.45, 2.75) is 13.0 Å². The van der Waals surface area contributed by atoms with Crippen LogP contribution in [0.3, 0.4) is 0 Å². The third kappa shape index (κ3) is 9.68. The topological polar surface area (TPSA) is 148 Å². The van der Waals surface area contributed by atoms with E-state index in [4.69, 9.17) is 15.2 Å². The van der Waals surface area contributed by atoms with Gasteiger partial charge in [0.05, 0.1) is 6.61 Å². The van der Waals surface area contributed by atoms with Crippen molar-refractivity contribution in [3.8, 4) is 0 Å². The minimum Gasteiger partial charge on any atom is -0.423 e. The monoisotopic (exact) mass is 455 g/mol. The Kier molecular flexibility index (Phi) is 12.2. The lowest BCUT2D eigenvalue weighted by Crippen LogP contribution is -2.49. The molecule has 0 radical (unpaired) electrons. The summed E-state index contributed by atoms with van der Waals surface area (Å²) in [6.45, 7) is 5.51. The van der Waals surface area contributed by atoms with Gasteiger partial charge in [-0.1, -0.05) is 40.3 Å². The van der Waals surface area contributed by atoms with Gasteiger partial charge in [0.2, 0.25) is 11.8 Å². The molecule has 1 atom stereocenters. The highest BCUT2D eigenvalue weighted by Gasteiger charge is 2.22. The maximum Gasteiger partial charge on any atom is 0.488 e. The lowest BCUT2D eigenvalue weighted by atomic mass is 9.80. The van der Waals surface area contributed by atoms with Gasteiger partial charge in [0, 0.05) is 35.7 Å². The highest BCUT2D eigenvalue weighted by molar-refractivity contribution is 8.76. The Labute approximate surface area is 183 Å². The highest BCUT2D eigenvalue weighted by Crippen LogP contribution is 2.21. The van der Waals surface area contributed by atoms with Crippen molar-refractivity contribution in [1.82, 2.24) is 16.0 Å². The zero-order valence-corrected chi connectivity index (χ0v) is 18.2. The van der Waals surface area contributed by atoms with Crippen LogP contribution in [0.1, 0.15) is 17.3 Å². The molecule has 9 nitrogen and oxygen atoms in total. The lowest BCUT2D eigenvalue weighted by molar-refractivity contribution is -0.122. The zero-order valence-electron chi connectivity index (χ0n) is 16.6. The number of hydrogen-bond acceptors (Lipinski definition) is 8. The minimum atomic E-state index is -1.63. The van der Waals surface area contributed by atoms with Crippen molar-refractivity contribution in [3.63, 3.8) is 0 Å². The Morgan fingerprint density at radius 1 is 1.10 bits per heavy atom. The average Bonchev–Trinajstić information content (AvgIpc) is 2.72. The molecule has 0 fully saturated rings. The third-order valence-corrected chi connectivity index (χ3v) is 6.08. The number of carbonyl (C=O) groups is 3. The van der Waals surface area contributed by atoms with Crippen LogP contribution in [0.25, 0.3) is 0 Å². The van der Waals surface area contributed by atoms with Gasteiger partial charge in [-0.3, -0.25) is 14.4 Å². The lowest BCUT2D eigenvalue weighted by Gasteiger charge is -2.18. The first-order chi connectivity index (χ1) is 14.3. The Bertz CT molecular complexity index is 733. The number of carbonyl (C=O) groups excluding carboxylic acids is 3. The summed E-state index contributed by atoms with van der Waals surface area (Å²) < 4.78 is 0. The third-order valence-electron chi connectivity index (χ3n) is 3.68. The van der Waals surface area contributed by atoms with E-state index < -0.39 is 25.0 Å². The van der Waals surface area contributed by atoms with Gasteiger partial charge in [-0.2, -0.15) is 0 Å². The number of aliphatic hydroxyl groups excluding tert-OH is 1. The SMILES string of the molecule is C=C(C)C(=O)NCCNC(=O)C(CSSCCO)NC(=O)c1ccc(B(O)O)cc1. The van der Waals surface area contributed by atoms with Crippen LogP contribution in [-0.4, -0.2) is 77.2 Å². The van der Waals surface area contributed by atoms with Crippen molar-refractivity contribution in [2.75, 3.05) is 31.2 Å². The molecule has 1 rings (SSSR count). The fourth-order valence-electron chi connectivity index (χ4n) is 2.08. The Morgan fingerprint density at radius 2 is 1.73 bits per heavy atom. The summed E-state index contributed by atoms with van der Waals surface area (Å²) in [5.41, 5.74) is 0.871. The second kappa shape index (κ2) is 14.1. The van der Waals surface area contributed by atoms with Gasteiger partial charge in [-0.15, -0.1) is 0 Å². The Morgan fingerprint density at radius 3 is 2.30 bits per heavy atom. The maximum atomic E-state index is 12.5. The minimum absolute atomic E-state index is 0.00631. The summed E-state index contributed by atoms with van der Waals surface area (Å²) in [7, 11) is 1.08.